The summed E-state index contributed by atoms with van der Waals surface area (Å²) in [5, 5.41) is 3.37. The van der Waals surface area contributed by atoms with Gasteiger partial charge in [0.2, 0.25) is 0 Å². The number of rotatable bonds is 3. The van der Waals surface area contributed by atoms with E-state index in [0.29, 0.717) is 12.0 Å². The molecule has 1 aliphatic rings. The number of hydrogen-bond acceptors (Lipinski definition) is 2. The highest BCUT2D eigenvalue weighted by Gasteiger charge is 2.21. The van der Waals surface area contributed by atoms with Crippen LogP contribution < -0.4 is 5.32 Å². The van der Waals surface area contributed by atoms with E-state index in [2.05, 4.69) is 31.3 Å². The summed E-state index contributed by atoms with van der Waals surface area (Å²) in [5.74, 6) is 0.583. The summed E-state index contributed by atoms with van der Waals surface area (Å²) in [6.45, 7) is 4.35. The minimum absolute atomic E-state index is 0.519. The third-order valence-electron chi connectivity index (χ3n) is 3.57. The minimum Gasteiger partial charge on any atom is -0.317 e. The lowest BCUT2D eigenvalue weighted by Crippen LogP contribution is -2.31. The molecule has 0 heterocycles. The molecule has 1 nitrogen and oxygen atoms in total. The first-order valence-corrected chi connectivity index (χ1v) is 6.87. The van der Waals surface area contributed by atoms with Crippen LogP contribution in [0.15, 0.2) is 22.6 Å². The molecule has 0 unspecified atom stereocenters. The van der Waals surface area contributed by atoms with Crippen LogP contribution in [0.25, 0.3) is 0 Å². The summed E-state index contributed by atoms with van der Waals surface area (Å²) in [5.41, 5.74) is 1.44. The minimum atomic E-state index is 0.519. The van der Waals surface area contributed by atoms with Gasteiger partial charge in [0.25, 0.3) is 0 Å². The van der Waals surface area contributed by atoms with Gasteiger partial charge in [-0.3, -0.25) is 0 Å². The fourth-order valence-electron chi connectivity index (χ4n) is 2.42. The maximum Gasteiger partial charge on any atom is 0.0109 e. The van der Waals surface area contributed by atoms with E-state index in [1.807, 2.05) is 7.05 Å². The molecule has 0 radical (unpaired) electrons. The Morgan fingerprint density at radius 3 is 2.75 bits per heavy atom. The van der Waals surface area contributed by atoms with Gasteiger partial charge in [-0.1, -0.05) is 25.0 Å². The van der Waals surface area contributed by atoms with Crippen molar-refractivity contribution in [2.24, 2.45) is 5.92 Å². The van der Waals surface area contributed by atoms with Gasteiger partial charge < -0.3 is 5.32 Å². The summed E-state index contributed by atoms with van der Waals surface area (Å²) in [6.07, 6.45) is 10.8. The maximum atomic E-state index is 4.78. The van der Waals surface area contributed by atoms with Gasteiger partial charge in [-0.05, 0) is 50.6 Å². The summed E-state index contributed by atoms with van der Waals surface area (Å²) < 4.78 is 0. The number of hydrogen-bond donors (Lipinski definition) is 2. The number of thiol groups is 1. The van der Waals surface area contributed by atoms with Crippen LogP contribution in [0.1, 0.15) is 46.0 Å². The molecular formula is C14H25NS. The highest BCUT2D eigenvalue weighted by molar-refractivity contribution is 7.84. The van der Waals surface area contributed by atoms with Crippen molar-refractivity contribution in [2.75, 3.05) is 7.05 Å². The molecule has 0 fully saturated rings. The first-order chi connectivity index (χ1) is 7.70. The van der Waals surface area contributed by atoms with E-state index >= 15 is 0 Å². The third-order valence-corrected chi connectivity index (χ3v) is 4.19. The lowest BCUT2D eigenvalue weighted by atomic mass is 9.87. The predicted octanol–water partition coefficient (Wildman–Crippen LogP) is 3.93. The monoisotopic (exact) mass is 239 g/mol. The molecular weight excluding hydrogens is 214 g/mol. The summed E-state index contributed by atoms with van der Waals surface area (Å²) >= 11 is 4.78. The molecule has 0 aromatic rings. The topological polar surface area (TPSA) is 12.0 Å². The van der Waals surface area contributed by atoms with Gasteiger partial charge in [-0.25, -0.2) is 0 Å². The van der Waals surface area contributed by atoms with Gasteiger partial charge in [0.05, 0.1) is 0 Å². The average Bonchev–Trinajstić information content (AvgIpc) is 2.28. The zero-order valence-corrected chi connectivity index (χ0v) is 11.7. The molecule has 0 spiro atoms. The molecule has 1 rings (SSSR count). The Hall–Kier alpha value is -0.210. The van der Waals surface area contributed by atoms with Crippen molar-refractivity contribution >= 4 is 12.6 Å². The lowest BCUT2D eigenvalue weighted by molar-refractivity contribution is 0.408. The van der Waals surface area contributed by atoms with E-state index in [0.717, 1.165) is 0 Å². The molecule has 1 N–H and O–H groups in total. The normalized spacial score (nSPS) is 30.1. The largest absolute Gasteiger partial charge is 0.317 e. The second-order valence-electron chi connectivity index (χ2n) is 4.69. The van der Waals surface area contributed by atoms with Gasteiger partial charge in [0.1, 0.15) is 0 Å². The van der Waals surface area contributed by atoms with Crippen molar-refractivity contribution < 1.29 is 0 Å². The quantitative estimate of drug-likeness (QED) is 0.711. The van der Waals surface area contributed by atoms with Gasteiger partial charge >= 0.3 is 0 Å². The van der Waals surface area contributed by atoms with Crippen LogP contribution >= 0.6 is 12.6 Å². The second kappa shape index (κ2) is 7.18. The van der Waals surface area contributed by atoms with E-state index in [1.165, 1.54) is 42.6 Å². The molecule has 0 aromatic heterocycles. The molecule has 0 bridgehead atoms. The molecule has 0 amide bonds. The molecule has 1 aliphatic carbocycles. The number of allylic oxidation sites excluding steroid dienone is 3. The van der Waals surface area contributed by atoms with Crippen molar-refractivity contribution in [1.29, 1.82) is 0 Å². The molecule has 0 saturated heterocycles. The first kappa shape index (κ1) is 13.9. The van der Waals surface area contributed by atoms with E-state index in [-0.39, 0.29) is 0 Å². The number of nitrogens with one attached hydrogen (secondary N) is 1. The summed E-state index contributed by atoms with van der Waals surface area (Å²) in [7, 11) is 2.04. The van der Waals surface area contributed by atoms with Crippen molar-refractivity contribution in [1.82, 2.24) is 5.32 Å². The van der Waals surface area contributed by atoms with E-state index in [1.54, 1.807) is 0 Å². The molecule has 0 aromatic carbocycles. The highest BCUT2D eigenvalue weighted by atomic mass is 32.1. The molecule has 92 valence electrons. The Kier molecular flexibility index (Phi) is 6.22. The van der Waals surface area contributed by atoms with Crippen LogP contribution in [-0.2, 0) is 0 Å². The van der Waals surface area contributed by atoms with E-state index in [4.69, 9.17) is 12.6 Å². The first-order valence-electron chi connectivity index (χ1n) is 6.42. The van der Waals surface area contributed by atoms with Crippen LogP contribution in [0, 0.1) is 5.92 Å². The van der Waals surface area contributed by atoms with Crippen LogP contribution in [-0.4, -0.2) is 13.1 Å². The molecule has 0 aliphatic heterocycles. The fourth-order valence-corrected chi connectivity index (χ4v) is 2.96. The maximum absolute atomic E-state index is 4.78. The zero-order valence-electron chi connectivity index (χ0n) is 10.8. The van der Waals surface area contributed by atoms with Gasteiger partial charge in [0, 0.05) is 12.0 Å². The van der Waals surface area contributed by atoms with Gasteiger partial charge in [0.15, 0.2) is 0 Å². The second-order valence-corrected chi connectivity index (χ2v) is 5.18. The Balaban J connectivity index is 2.93. The Bertz CT molecular complexity index is 268. The third kappa shape index (κ3) is 3.67. The summed E-state index contributed by atoms with van der Waals surface area (Å²) in [6, 6.07) is 0.519. The smallest absolute Gasteiger partial charge is 0.0109 e. The van der Waals surface area contributed by atoms with Crippen LogP contribution in [0.5, 0.6) is 0 Å². The molecule has 2 atom stereocenters. The molecule has 2 heteroatoms. The van der Waals surface area contributed by atoms with Crippen molar-refractivity contribution in [3.05, 3.63) is 22.6 Å². The van der Waals surface area contributed by atoms with E-state index < -0.39 is 0 Å². The van der Waals surface area contributed by atoms with Crippen molar-refractivity contribution in [2.45, 2.75) is 52.0 Å². The van der Waals surface area contributed by atoms with Crippen LogP contribution in [0.2, 0.25) is 0 Å². The molecule has 0 saturated carbocycles. The van der Waals surface area contributed by atoms with Crippen molar-refractivity contribution in [3.63, 3.8) is 0 Å². The SMILES string of the molecule is C/C=C\C1=C(/S)[C@@H]([C@@H](C)NC)CCCCC1. The van der Waals surface area contributed by atoms with E-state index in [9.17, 15) is 0 Å². The Morgan fingerprint density at radius 1 is 1.38 bits per heavy atom. The Labute approximate surface area is 106 Å². The van der Waals surface area contributed by atoms with Gasteiger partial charge in [-0.15, -0.1) is 12.6 Å². The highest BCUT2D eigenvalue weighted by Crippen LogP contribution is 2.33. The van der Waals surface area contributed by atoms with Gasteiger partial charge in [-0.2, -0.15) is 0 Å². The standard InChI is InChI=1S/C14H25NS/c1-4-8-12-9-6-5-7-10-13(14(12)16)11(2)15-3/h4,8,11,13,15-16H,5-7,9-10H2,1-3H3/b8-4-,14-12+/t11-,13-/m1/s1. The van der Waals surface area contributed by atoms with Crippen LogP contribution in [0.3, 0.4) is 0 Å². The summed E-state index contributed by atoms with van der Waals surface area (Å²) in [4.78, 5) is 1.31. The lowest BCUT2D eigenvalue weighted by Gasteiger charge is -2.27. The van der Waals surface area contributed by atoms with Crippen molar-refractivity contribution in [3.8, 4) is 0 Å². The Morgan fingerprint density at radius 2 is 2.12 bits per heavy atom. The fraction of sp³-hybridized carbons (Fsp3) is 0.714. The zero-order chi connectivity index (χ0) is 12.0. The molecule has 16 heavy (non-hydrogen) atoms. The average molecular weight is 239 g/mol. The van der Waals surface area contributed by atoms with Crippen LogP contribution in [0.4, 0.5) is 0 Å². The predicted molar refractivity (Wildman–Crippen MR) is 75.9 cm³/mol.